The summed E-state index contributed by atoms with van der Waals surface area (Å²) in [5.41, 5.74) is 6.56. The number of ether oxygens (including phenoxy) is 1. The molecule has 0 amide bonds. The summed E-state index contributed by atoms with van der Waals surface area (Å²) >= 11 is 0. The largest absolute Gasteiger partial charge is 0.373 e. The van der Waals surface area contributed by atoms with E-state index >= 15 is 0 Å². The molecule has 2 heterocycles. The molecule has 2 N–H and O–H groups in total. The van der Waals surface area contributed by atoms with Crippen molar-refractivity contribution in [1.82, 2.24) is 9.97 Å². The second-order valence-electron chi connectivity index (χ2n) is 3.67. The molecule has 1 aliphatic rings. The van der Waals surface area contributed by atoms with E-state index in [1.165, 1.54) is 0 Å². The molecule has 1 aromatic rings. The molecular weight excluding hydrogens is 192 g/mol. The zero-order valence-electron chi connectivity index (χ0n) is 8.89. The van der Waals surface area contributed by atoms with Crippen LogP contribution in [-0.2, 0) is 4.74 Å². The van der Waals surface area contributed by atoms with Crippen molar-refractivity contribution >= 4 is 5.95 Å². The van der Waals surface area contributed by atoms with Crippen LogP contribution in [0, 0.1) is 6.92 Å². The zero-order valence-corrected chi connectivity index (χ0v) is 8.89. The van der Waals surface area contributed by atoms with Gasteiger partial charge in [0.05, 0.1) is 12.7 Å². The zero-order chi connectivity index (χ0) is 10.7. The first kappa shape index (κ1) is 10.3. The van der Waals surface area contributed by atoms with E-state index in [1.807, 2.05) is 13.0 Å². The number of aryl methyl sites for hydroxylation is 1. The Morgan fingerprint density at radius 1 is 1.67 bits per heavy atom. The van der Waals surface area contributed by atoms with Crippen LogP contribution < -0.4 is 10.6 Å². The van der Waals surface area contributed by atoms with Gasteiger partial charge in [-0.15, -0.1) is 0 Å². The first-order valence-corrected chi connectivity index (χ1v) is 5.16. The lowest BCUT2D eigenvalue weighted by atomic mass is 10.3. The number of rotatable bonds is 2. The smallest absolute Gasteiger partial charge is 0.225 e. The Morgan fingerprint density at radius 2 is 2.53 bits per heavy atom. The first-order valence-electron chi connectivity index (χ1n) is 5.16. The predicted molar refractivity (Wildman–Crippen MR) is 57.8 cm³/mol. The molecule has 1 aliphatic heterocycles. The minimum atomic E-state index is 0.0999. The monoisotopic (exact) mass is 208 g/mol. The topological polar surface area (TPSA) is 64.3 Å². The van der Waals surface area contributed by atoms with Crippen molar-refractivity contribution in [2.24, 2.45) is 5.73 Å². The highest BCUT2D eigenvalue weighted by Crippen LogP contribution is 2.12. The number of aromatic nitrogens is 2. The summed E-state index contributed by atoms with van der Waals surface area (Å²) in [7, 11) is 0. The molecule has 0 aromatic carbocycles. The van der Waals surface area contributed by atoms with Crippen LogP contribution in [0.3, 0.4) is 0 Å². The van der Waals surface area contributed by atoms with Crippen LogP contribution in [0.5, 0.6) is 0 Å². The van der Waals surface area contributed by atoms with Gasteiger partial charge in [0.15, 0.2) is 0 Å². The van der Waals surface area contributed by atoms with Crippen molar-refractivity contribution in [3.8, 4) is 0 Å². The number of nitrogens with two attached hydrogens (primary N) is 1. The molecule has 0 spiro atoms. The molecule has 0 bridgehead atoms. The van der Waals surface area contributed by atoms with Crippen LogP contribution in [0.25, 0.3) is 0 Å². The SMILES string of the molecule is Cc1ccnc(N2CCOC(CN)C2)n1. The fourth-order valence-corrected chi connectivity index (χ4v) is 1.63. The number of nitrogens with zero attached hydrogens (tertiary/aromatic N) is 3. The second kappa shape index (κ2) is 4.55. The molecule has 15 heavy (non-hydrogen) atoms. The minimum Gasteiger partial charge on any atom is -0.373 e. The van der Waals surface area contributed by atoms with E-state index in [-0.39, 0.29) is 6.10 Å². The van der Waals surface area contributed by atoms with Gasteiger partial charge in [0, 0.05) is 31.5 Å². The van der Waals surface area contributed by atoms with Gasteiger partial charge in [-0.3, -0.25) is 0 Å². The highest BCUT2D eigenvalue weighted by atomic mass is 16.5. The van der Waals surface area contributed by atoms with Crippen LogP contribution in [-0.4, -0.2) is 42.3 Å². The molecule has 2 rings (SSSR count). The van der Waals surface area contributed by atoms with E-state index in [4.69, 9.17) is 10.5 Å². The van der Waals surface area contributed by atoms with Crippen molar-refractivity contribution in [3.05, 3.63) is 18.0 Å². The van der Waals surface area contributed by atoms with Crippen molar-refractivity contribution in [1.29, 1.82) is 0 Å². The van der Waals surface area contributed by atoms with Gasteiger partial charge >= 0.3 is 0 Å². The van der Waals surface area contributed by atoms with Gasteiger partial charge in [0.1, 0.15) is 0 Å². The molecule has 5 nitrogen and oxygen atoms in total. The molecule has 1 saturated heterocycles. The first-order chi connectivity index (χ1) is 7.29. The molecule has 0 aliphatic carbocycles. The minimum absolute atomic E-state index is 0.0999. The van der Waals surface area contributed by atoms with Crippen LogP contribution in [0.2, 0.25) is 0 Å². The van der Waals surface area contributed by atoms with Crippen LogP contribution in [0.1, 0.15) is 5.69 Å². The van der Waals surface area contributed by atoms with Gasteiger partial charge in [0.2, 0.25) is 5.95 Å². The third-order valence-electron chi connectivity index (χ3n) is 2.47. The van der Waals surface area contributed by atoms with E-state index in [0.717, 1.165) is 24.7 Å². The van der Waals surface area contributed by atoms with Crippen LogP contribution in [0.15, 0.2) is 12.3 Å². The van der Waals surface area contributed by atoms with Gasteiger partial charge in [0.25, 0.3) is 0 Å². The van der Waals surface area contributed by atoms with E-state index in [1.54, 1.807) is 6.20 Å². The van der Waals surface area contributed by atoms with Crippen LogP contribution >= 0.6 is 0 Å². The van der Waals surface area contributed by atoms with E-state index in [2.05, 4.69) is 14.9 Å². The standard InChI is InChI=1S/C10H16N4O/c1-8-2-3-12-10(13-8)14-4-5-15-9(6-11)7-14/h2-3,9H,4-7,11H2,1H3. The Bertz CT molecular complexity index is 331. The highest BCUT2D eigenvalue weighted by Gasteiger charge is 2.20. The van der Waals surface area contributed by atoms with Crippen molar-refractivity contribution < 1.29 is 4.74 Å². The van der Waals surface area contributed by atoms with Gasteiger partial charge < -0.3 is 15.4 Å². The number of morpholine rings is 1. The van der Waals surface area contributed by atoms with Gasteiger partial charge in [-0.25, -0.2) is 9.97 Å². The Hall–Kier alpha value is -1.20. The molecule has 1 unspecified atom stereocenters. The van der Waals surface area contributed by atoms with Gasteiger partial charge in [-0.1, -0.05) is 0 Å². The molecule has 1 atom stereocenters. The van der Waals surface area contributed by atoms with E-state index < -0.39 is 0 Å². The maximum atomic E-state index is 5.58. The lowest BCUT2D eigenvalue weighted by Gasteiger charge is -2.32. The highest BCUT2D eigenvalue weighted by molar-refractivity contribution is 5.30. The molecule has 5 heteroatoms. The average molecular weight is 208 g/mol. The maximum absolute atomic E-state index is 5.58. The number of hydrogen-bond donors (Lipinski definition) is 1. The fourth-order valence-electron chi connectivity index (χ4n) is 1.63. The molecular formula is C10H16N4O. The van der Waals surface area contributed by atoms with E-state index in [9.17, 15) is 0 Å². The summed E-state index contributed by atoms with van der Waals surface area (Å²) in [6, 6.07) is 1.89. The summed E-state index contributed by atoms with van der Waals surface area (Å²) in [5.74, 6) is 0.775. The average Bonchev–Trinajstić information content (AvgIpc) is 2.29. The molecule has 1 aromatic heterocycles. The predicted octanol–water partition coefficient (Wildman–Crippen LogP) is -0.0511. The Labute approximate surface area is 89.3 Å². The lowest BCUT2D eigenvalue weighted by molar-refractivity contribution is 0.0460. The summed E-state index contributed by atoms with van der Waals surface area (Å²) < 4.78 is 5.49. The van der Waals surface area contributed by atoms with Crippen molar-refractivity contribution in [2.45, 2.75) is 13.0 Å². The normalized spacial score (nSPS) is 21.7. The van der Waals surface area contributed by atoms with Crippen LogP contribution in [0.4, 0.5) is 5.95 Å². The second-order valence-corrected chi connectivity index (χ2v) is 3.67. The summed E-state index contributed by atoms with van der Waals surface area (Å²) in [6.07, 6.45) is 1.88. The Morgan fingerprint density at radius 3 is 3.27 bits per heavy atom. The van der Waals surface area contributed by atoms with Crippen molar-refractivity contribution in [3.63, 3.8) is 0 Å². The molecule has 0 saturated carbocycles. The Balaban J connectivity index is 2.09. The Kier molecular flexibility index (Phi) is 3.13. The quantitative estimate of drug-likeness (QED) is 0.738. The molecule has 0 radical (unpaired) electrons. The third-order valence-corrected chi connectivity index (χ3v) is 2.47. The maximum Gasteiger partial charge on any atom is 0.225 e. The molecule has 82 valence electrons. The summed E-state index contributed by atoms with van der Waals surface area (Å²) in [5, 5.41) is 0. The number of anilines is 1. The summed E-state index contributed by atoms with van der Waals surface area (Å²) in [6.45, 7) is 4.81. The molecule has 1 fully saturated rings. The lowest BCUT2D eigenvalue weighted by Crippen LogP contribution is -2.46. The summed E-state index contributed by atoms with van der Waals surface area (Å²) in [4.78, 5) is 10.8. The van der Waals surface area contributed by atoms with Gasteiger partial charge in [-0.05, 0) is 13.0 Å². The third kappa shape index (κ3) is 2.43. The number of hydrogen-bond acceptors (Lipinski definition) is 5. The van der Waals surface area contributed by atoms with E-state index in [0.29, 0.717) is 13.2 Å². The fraction of sp³-hybridized carbons (Fsp3) is 0.600. The van der Waals surface area contributed by atoms with Gasteiger partial charge in [-0.2, -0.15) is 0 Å². The van der Waals surface area contributed by atoms with Crippen molar-refractivity contribution in [2.75, 3.05) is 31.1 Å².